The van der Waals surface area contributed by atoms with Crippen molar-refractivity contribution in [1.82, 2.24) is 19.6 Å². The molecular formula is C15H10N4. The fourth-order valence-corrected chi connectivity index (χ4v) is 2.22. The van der Waals surface area contributed by atoms with E-state index in [0.29, 0.717) is 5.78 Å². The van der Waals surface area contributed by atoms with Crippen molar-refractivity contribution in [2.24, 2.45) is 0 Å². The normalized spacial score (nSPS) is 11.2. The van der Waals surface area contributed by atoms with Gasteiger partial charge in [-0.3, -0.25) is 0 Å². The Morgan fingerprint density at radius 2 is 1.79 bits per heavy atom. The van der Waals surface area contributed by atoms with Crippen LogP contribution in [0.25, 0.3) is 27.8 Å². The van der Waals surface area contributed by atoms with E-state index in [4.69, 9.17) is 0 Å². The van der Waals surface area contributed by atoms with Crippen molar-refractivity contribution in [2.45, 2.75) is 0 Å². The van der Waals surface area contributed by atoms with Gasteiger partial charge in [-0.05, 0) is 22.9 Å². The van der Waals surface area contributed by atoms with Gasteiger partial charge in [0.15, 0.2) is 0 Å². The molecule has 0 spiro atoms. The maximum Gasteiger partial charge on any atom is 0.252 e. The summed E-state index contributed by atoms with van der Waals surface area (Å²) in [7, 11) is 0. The maximum atomic E-state index is 4.50. The van der Waals surface area contributed by atoms with Crippen LogP contribution in [0, 0.1) is 0 Å². The van der Waals surface area contributed by atoms with Gasteiger partial charge in [-0.15, -0.1) is 0 Å². The van der Waals surface area contributed by atoms with Crippen LogP contribution in [0.15, 0.2) is 61.1 Å². The third-order valence-electron chi connectivity index (χ3n) is 3.19. The first-order valence-corrected chi connectivity index (χ1v) is 6.06. The number of hydrogen-bond donors (Lipinski definition) is 0. The fourth-order valence-electron chi connectivity index (χ4n) is 2.22. The van der Waals surface area contributed by atoms with Crippen molar-refractivity contribution >= 4 is 16.6 Å². The Morgan fingerprint density at radius 1 is 0.895 bits per heavy atom. The minimum absolute atomic E-state index is 0.616. The average molecular weight is 246 g/mol. The summed E-state index contributed by atoms with van der Waals surface area (Å²) in [6.45, 7) is 0. The molecule has 2 aromatic carbocycles. The van der Waals surface area contributed by atoms with Gasteiger partial charge in [-0.25, -0.2) is 9.50 Å². The monoisotopic (exact) mass is 246 g/mol. The van der Waals surface area contributed by atoms with Crippen LogP contribution in [0.5, 0.6) is 0 Å². The highest BCUT2D eigenvalue weighted by atomic mass is 15.3. The molecule has 0 unspecified atom stereocenters. The van der Waals surface area contributed by atoms with E-state index in [0.717, 1.165) is 11.3 Å². The van der Waals surface area contributed by atoms with Crippen LogP contribution < -0.4 is 0 Å². The summed E-state index contributed by atoms with van der Waals surface area (Å²) in [5.41, 5.74) is 2.00. The number of hydrogen-bond acceptors (Lipinski definition) is 3. The summed E-state index contributed by atoms with van der Waals surface area (Å²) in [4.78, 5) is 8.61. The summed E-state index contributed by atoms with van der Waals surface area (Å²) in [5.74, 6) is 0.616. The summed E-state index contributed by atoms with van der Waals surface area (Å²) in [6.07, 6.45) is 3.38. The lowest BCUT2D eigenvalue weighted by atomic mass is 10.1. The molecule has 0 bridgehead atoms. The predicted molar refractivity (Wildman–Crippen MR) is 73.7 cm³/mol. The van der Waals surface area contributed by atoms with E-state index < -0.39 is 0 Å². The average Bonchev–Trinajstić information content (AvgIpc) is 2.94. The third-order valence-corrected chi connectivity index (χ3v) is 3.19. The van der Waals surface area contributed by atoms with Crippen LogP contribution >= 0.6 is 0 Å². The molecular weight excluding hydrogens is 236 g/mol. The highest BCUT2D eigenvalue weighted by Gasteiger charge is 2.03. The van der Waals surface area contributed by atoms with Crippen molar-refractivity contribution in [3.63, 3.8) is 0 Å². The summed E-state index contributed by atoms with van der Waals surface area (Å²) in [6, 6.07) is 16.6. The van der Waals surface area contributed by atoms with E-state index in [1.165, 1.54) is 17.1 Å². The quantitative estimate of drug-likeness (QED) is 0.518. The lowest BCUT2D eigenvalue weighted by Gasteiger charge is -2.03. The highest BCUT2D eigenvalue weighted by molar-refractivity contribution is 5.86. The Balaban J connectivity index is 1.92. The molecule has 4 heteroatoms. The third kappa shape index (κ3) is 1.65. The Morgan fingerprint density at radius 3 is 2.74 bits per heavy atom. The van der Waals surface area contributed by atoms with Crippen LogP contribution in [-0.2, 0) is 0 Å². The Bertz CT molecular complexity index is 879. The van der Waals surface area contributed by atoms with Gasteiger partial charge in [0.25, 0.3) is 5.78 Å². The SMILES string of the molecule is c1ccc2cc(-c3ccn4ncnc4n3)ccc2c1. The smallest absolute Gasteiger partial charge is 0.211 e. The lowest BCUT2D eigenvalue weighted by molar-refractivity contribution is 0.941. The number of benzene rings is 2. The zero-order valence-corrected chi connectivity index (χ0v) is 10.1. The van der Waals surface area contributed by atoms with Gasteiger partial charge in [0.2, 0.25) is 0 Å². The number of rotatable bonds is 1. The van der Waals surface area contributed by atoms with E-state index in [9.17, 15) is 0 Å². The zero-order valence-electron chi connectivity index (χ0n) is 10.1. The molecule has 0 amide bonds. The molecule has 4 nitrogen and oxygen atoms in total. The second-order valence-corrected chi connectivity index (χ2v) is 4.38. The van der Waals surface area contributed by atoms with Crippen molar-refractivity contribution in [3.05, 3.63) is 61.1 Å². The number of nitrogens with zero attached hydrogens (tertiary/aromatic N) is 4. The van der Waals surface area contributed by atoms with E-state index >= 15 is 0 Å². The lowest BCUT2D eigenvalue weighted by Crippen LogP contribution is -1.92. The van der Waals surface area contributed by atoms with Crippen LogP contribution in [0.1, 0.15) is 0 Å². The number of aromatic nitrogens is 4. The van der Waals surface area contributed by atoms with Gasteiger partial charge in [-0.1, -0.05) is 36.4 Å². The molecule has 0 aliphatic carbocycles. The molecule has 4 rings (SSSR count). The van der Waals surface area contributed by atoms with Crippen molar-refractivity contribution in [1.29, 1.82) is 0 Å². The van der Waals surface area contributed by atoms with Crippen molar-refractivity contribution < 1.29 is 0 Å². The van der Waals surface area contributed by atoms with Gasteiger partial charge >= 0.3 is 0 Å². The number of fused-ring (bicyclic) bond motifs is 2. The molecule has 0 radical (unpaired) electrons. The second kappa shape index (κ2) is 3.88. The molecule has 0 aliphatic rings. The minimum atomic E-state index is 0.616. The first-order chi connectivity index (χ1) is 9.40. The highest BCUT2D eigenvalue weighted by Crippen LogP contribution is 2.22. The van der Waals surface area contributed by atoms with E-state index in [-0.39, 0.29) is 0 Å². The predicted octanol–water partition coefficient (Wildman–Crippen LogP) is 2.94. The fraction of sp³-hybridized carbons (Fsp3) is 0. The summed E-state index contributed by atoms with van der Waals surface area (Å²) in [5, 5.41) is 6.49. The molecule has 2 aromatic heterocycles. The van der Waals surface area contributed by atoms with Crippen LogP contribution in [-0.4, -0.2) is 19.6 Å². The molecule has 0 N–H and O–H groups in total. The van der Waals surface area contributed by atoms with Crippen LogP contribution in [0.2, 0.25) is 0 Å². The largest absolute Gasteiger partial charge is 0.252 e. The van der Waals surface area contributed by atoms with Gasteiger partial charge in [-0.2, -0.15) is 10.1 Å². The molecule has 0 atom stereocenters. The van der Waals surface area contributed by atoms with Crippen molar-refractivity contribution in [2.75, 3.05) is 0 Å². The standard InChI is InChI=1S/C15H10N4/c1-2-4-12-9-13(6-5-11(12)3-1)14-7-8-19-15(18-14)16-10-17-19/h1-10H. The first-order valence-electron chi connectivity index (χ1n) is 6.06. The van der Waals surface area contributed by atoms with Crippen LogP contribution in [0.3, 0.4) is 0 Å². The molecule has 0 saturated heterocycles. The van der Waals surface area contributed by atoms with Crippen LogP contribution in [0.4, 0.5) is 0 Å². The Kier molecular flexibility index (Phi) is 2.08. The zero-order chi connectivity index (χ0) is 12.7. The Hall–Kier alpha value is -2.75. The molecule has 2 heterocycles. The van der Waals surface area contributed by atoms with Gasteiger partial charge < -0.3 is 0 Å². The first kappa shape index (κ1) is 10.2. The second-order valence-electron chi connectivity index (χ2n) is 4.38. The minimum Gasteiger partial charge on any atom is -0.211 e. The Labute approximate surface area is 109 Å². The summed E-state index contributed by atoms with van der Waals surface area (Å²) < 4.78 is 1.66. The van der Waals surface area contributed by atoms with E-state index in [1.54, 1.807) is 4.52 Å². The molecule has 19 heavy (non-hydrogen) atoms. The van der Waals surface area contributed by atoms with Gasteiger partial charge in [0.1, 0.15) is 6.33 Å². The molecule has 0 fully saturated rings. The summed E-state index contributed by atoms with van der Waals surface area (Å²) >= 11 is 0. The van der Waals surface area contributed by atoms with Crippen molar-refractivity contribution in [3.8, 4) is 11.3 Å². The molecule has 0 aliphatic heterocycles. The van der Waals surface area contributed by atoms with E-state index in [2.05, 4.69) is 45.4 Å². The molecule has 4 aromatic rings. The molecule has 0 saturated carbocycles. The van der Waals surface area contributed by atoms with Gasteiger partial charge in [0, 0.05) is 11.8 Å². The topological polar surface area (TPSA) is 43.1 Å². The molecule has 90 valence electrons. The van der Waals surface area contributed by atoms with Gasteiger partial charge in [0.05, 0.1) is 5.69 Å². The maximum absolute atomic E-state index is 4.50. The van der Waals surface area contributed by atoms with E-state index in [1.807, 2.05) is 24.4 Å².